The van der Waals surface area contributed by atoms with Crippen LogP contribution >= 0.6 is 0 Å². The molecule has 0 spiro atoms. The highest BCUT2D eigenvalue weighted by molar-refractivity contribution is 5.55. The summed E-state index contributed by atoms with van der Waals surface area (Å²) < 4.78 is 24.4. The molecule has 7 heteroatoms. The zero-order valence-electron chi connectivity index (χ0n) is 17.5. The van der Waals surface area contributed by atoms with Crippen LogP contribution in [0.4, 0.5) is 0 Å². The molecule has 1 aliphatic rings. The molecular formula is C21H31N3O4. The number of aryl methyl sites for hydroxylation is 2. The molecule has 1 aromatic carbocycles. The van der Waals surface area contributed by atoms with E-state index in [9.17, 15) is 0 Å². The van der Waals surface area contributed by atoms with Gasteiger partial charge in [-0.2, -0.15) is 5.10 Å². The third kappa shape index (κ3) is 4.59. The third-order valence-electron chi connectivity index (χ3n) is 5.17. The second-order valence-electron chi connectivity index (χ2n) is 7.21. The van der Waals surface area contributed by atoms with Gasteiger partial charge in [0, 0.05) is 50.6 Å². The molecule has 1 fully saturated rings. The first-order chi connectivity index (χ1) is 13.5. The van der Waals surface area contributed by atoms with Gasteiger partial charge in [0.15, 0.2) is 11.5 Å². The Morgan fingerprint density at radius 3 is 2.43 bits per heavy atom. The summed E-state index contributed by atoms with van der Waals surface area (Å²) in [5, 5.41) is 4.48. The summed E-state index contributed by atoms with van der Waals surface area (Å²) in [7, 11) is 6.88. The third-order valence-corrected chi connectivity index (χ3v) is 5.17. The fraction of sp³-hybridized carbons (Fsp3) is 0.571. The molecule has 2 aromatic rings. The summed E-state index contributed by atoms with van der Waals surface area (Å²) >= 11 is 0. The molecule has 1 atom stereocenters. The summed E-state index contributed by atoms with van der Waals surface area (Å²) in [6.45, 7) is 5.29. The maximum atomic E-state index is 5.89. The van der Waals surface area contributed by atoms with Crippen LogP contribution in [0.1, 0.15) is 29.7 Å². The molecule has 3 rings (SSSR count). The van der Waals surface area contributed by atoms with Crippen LogP contribution in [0.25, 0.3) is 0 Å². The van der Waals surface area contributed by atoms with Crippen LogP contribution in [0.2, 0.25) is 0 Å². The Bertz CT molecular complexity index is 784. The Balaban J connectivity index is 1.86. The van der Waals surface area contributed by atoms with E-state index in [1.807, 2.05) is 23.9 Å². The van der Waals surface area contributed by atoms with Crippen molar-refractivity contribution in [3.05, 3.63) is 35.2 Å². The fourth-order valence-electron chi connectivity index (χ4n) is 3.83. The minimum atomic E-state index is 0.267. The Kier molecular flexibility index (Phi) is 6.80. The minimum absolute atomic E-state index is 0.267. The molecule has 7 nitrogen and oxygen atoms in total. The van der Waals surface area contributed by atoms with Gasteiger partial charge >= 0.3 is 0 Å². The van der Waals surface area contributed by atoms with Crippen molar-refractivity contribution in [1.82, 2.24) is 14.7 Å². The van der Waals surface area contributed by atoms with Crippen LogP contribution in [0.15, 0.2) is 18.3 Å². The lowest BCUT2D eigenvalue weighted by molar-refractivity contribution is 0.0675. The molecule has 0 N–H and O–H groups in total. The second-order valence-corrected chi connectivity index (χ2v) is 7.21. The molecule has 0 bridgehead atoms. The predicted molar refractivity (Wildman–Crippen MR) is 107 cm³/mol. The quantitative estimate of drug-likeness (QED) is 0.657. The summed E-state index contributed by atoms with van der Waals surface area (Å²) in [4.78, 5) is 2.39. The smallest absolute Gasteiger partial charge is 0.203 e. The normalized spacial score (nSPS) is 16.6. The Labute approximate surface area is 167 Å². The van der Waals surface area contributed by atoms with E-state index >= 15 is 0 Å². The Morgan fingerprint density at radius 2 is 1.86 bits per heavy atom. The zero-order chi connectivity index (χ0) is 20.1. The van der Waals surface area contributed by atoms with Crippen LogP contribution in [-0.4, -0.2) is 55.3 Å². The van der Waals surface area contributed by atoms with E-state index in [0.29, 0.717) is 17.2 Å². The molecule has 0 radical (unpaired) electrons. The first-order valence-electron chi connectivity index (χ1n) is 9.66. The zero-order valence-corrected chi connectivity index (χ0v) is 17.5. The standard InChI is InChI=1S/C21H31N3O4/c1-15-17(11-23(2)22-15)13-24(14-18-7-6-10-28-18)12-16-8-9-19(25-3)21(27-5)20(16)26-4/h8-9,11,18H,6-7,10,12-14H2,1-5H3. The van der Waals surface area contributed by atoms with Crippen LogP contribution in [0.3, 0.4) is 0 Å². The average Bonchev–Trinajstić information content (AvgIpc) is 3.30. The second kappa shape index (κ2) is 9.30. The number of aromatic nitrogens is 2. The SMILES string of the molecule is COc1ccc(CN(Cc2cn(C)nc2C)CC2CCCO2)c(OC)c1OC. The number of methoxy groups -OCH3 is 3. The van der Waals surface area contributed by atoms with Gasteiger partial charge in [0.1, 0.15) is 0 Å². The van der Waals surface area contributed by atoms with E-state index in [1.54, 1.807) is 21.3 Å². The average molecular weight is 389 g/mol. The van der Waals surface area contributed by atoms with Crippen molar-refractivity contribution >= 4 is 0 Å². The molecule has 28 heavy (non-hydrogen) atoms. The monoisotopic (exact) mass is 389 g/mol. The molecule has 2 heterocycles. The molecule has 154 valence electrons. The lowest BCUT2D eigenvalue weighted by atomic mass is 10.1. The van der Waals surface area contributed by atoms with Crippen LogP contribution in [0.5, 0.6) is 17.2 Å². The number of benzene rings is 1. The lowest BCUT2D eigenvalue weighted by Crippen LogP contribution is -2.31. The van der Waals surface area contributed by atoms with E-state index in [2.05, 4.69) is 23.1 Å². The van der Waals surface area contributed by atoms with Crippen LogP contribution in [-0.2, 0) is 24.9 Å². The highest BCUT2D eigenvalue weighted by Gasteiger charge is 2.23. The van der Waals surface area contributed by atoms with Gasteiger partial charge in [-0.3, -0.25) is 9.58 Å². The van der Waals surface area contributed by atoms with Gasteiger partial charge in [0.25, 0.3) is 0 Å². The number of hydrogen-bond acceptors (Lipinski definition) is 6. The van der Waals surface area contributed by atoms with Gasteiger partial charge in [0.05, 0.1) is 33.1 Å². The van der Waals surface area contributed by atoms with Gasteiger partial charge < -0.3 is 18.9 Å². The number of nitrogens with zero attached hydrogens (tertiary/aromatic N) is 3. The van der Waals surface area contributed by atoms with Crippen LogP contribution in [0, 0.1) is 6.92 Å². The van der Waals surface area contributed by atoms with Crippen molar-refractivity contribution in [1.29, 1.82) is 0 Å². The maximum Gasteiger partial charge on any atom is 0.203 e. The first kappa shape index (κ1) is 20.5. The fourth-order valence-corrected chi connectivity index (χ4v) is 3.83. The van der Waals surface area contributed by atoms with Gasteiger partial charge in [0.2, 0.25) is 5.75 Å². The van der Waals surface area contributed by atoms with E-state index in [-0.39, 0.29) is 6.10 Å². The lowest BCUT2D eigenvalue weighted by Gasteiger charge is -2.26. The van der Waals surface area contributed by atoms with Gasteiger partial charge in [-0.1, -0.05) is 6.07 Å². The van der Waals surface area contributed by atoms with Crippen molar-refractivity contribution in [2.45, 2.75) is 39.0 Å². The molecule has 0 amide bonds. The van der Waals surface area contributed by atoms with E-state index < -0.39 is 0 Å². The minimum Gasteiger partial charge on any atom is -0.493 e. The molecule has 1 aliphatic heterocycles. The Morgan fingerprint density at radius 1 is 1.11 bits per heavy atom. The number of rotatable bonds is 9. The van der Waals surface area contributed by atoms with Crippen molar-refractivity contribution < 1.29 is 18.9 Å². The van der Waals surface area contributed by atoms with Crippen molar-refractivity contribution in [3.63, 3.8) is 0 Å². The molecular weight excluding hydrogens is 358 g/mol. The highest BCUT2D eigenvalue weighted by Crippen LogP contribution is 2.40. The van der Waals surface area contributed by atoms with Gasteiger partial charge in [-0.05, 0) is 25.8 Å². The summed E-state index contributed by atoms with van der Waals surface area (Å²) in [6.07, 6.45) is 4.59. The predicted octanol–water partition coefficient (Wildman–Crippen LogP) is 2.94. The topological polar surface area (TPSA) is 58.0 Å². The van der Waals surface area contributed by atoms with Crippen LogP contribution < -0.4 is 14.2 Å². The van der Waals surface area contributed by atoms with Gasteiger partial charge in [-0.15, -0.1) is 0 Å². The maximum absolute atomic E-state index is 5.89. The summed E-state index contributed by atoms with van der Waals surface area (Å²) in [6, 6.07) is 3.97. The van der Waals surface area contributed by atoms with E-state index in [4.69, 9.17) is 18.9 Å². The van der Waals surface area contributed by atoms with E-state index in [0.717, 1.165) is 50.3 Å². The molecule has 0 saturated carbocycles. The number of ether oxygens (including phenoxy) is 4. The number of hydrogen-bond donors (Lipinski definition) is 0. The van der Waals surface area contributed by atoms with Crippen molar-refractivity contribution in [3.8, 4) is 17.2 Å². The van der Waals surface area contributed by atoms with Crippen molar-refractivity contribution in [2.24, 2.45) is 7.05 Å². The highest BCUT2D eigenvalue weighted by atomic mass is 16.5. The first-order valence-corrected chi connectivity index (χ1v) is 9.66. The molecule has 1 aromatic heterocycles. The van der Waals surface area contributed by atoms with E-state index in [1.165, 1.54) is 5.56 Å². The summed E-state index contributed by atoms with van der Waals surface area (Å²) in [5.41, 5.74) is 3.33. The largest absolute Gasteiger partial charge is 0.493 e. The van der Waals surface area contributed by atoms with Gasteiger partial charge in [-0.25, -0.2) is 0 Å². The molecule has 1 saturated heterocycles. The molecule has 0 aliphatic carbocycles. The summed E-state index contributed by atoms with van der Waals surface area (Å²) in [5.74, 6) is 2.00. The molecule has 1 unspecified atom stereocenters. The Hall–Kier alpha value is -2.25. The van der Waals surface area contributed by atoms with Crippen molar-refractivity contribution in [2.75, 3.05) is 34.5 Å².